The van der Waals surface area contributed by atoms with E-state index in [1.54, 1.807) is 0 Å². The van der Waals surface area contributed by atoms with Gasteiger partial charge in [-0.15, -0.1) is 0 Å². The van der Waals surface area contributed by atoms with Crippen LogP contribution < -0.4 is 0 Å². The zero-order valence-electron chi connectivity index (χ0n) is 18.1. The fraction of sp³-hybridized carbons (Fsp3) is 0.750. The van der Waals surface area contributed by atoms with Crippen molar-refractivity contribution in [1.29, 1.82) is 0 Å². The lowest BCUT2D eigenvalue weighted by atomic mass is 10.0. The molecule has 3 rings (SSSR count). The van der Waals surface area contributed by atoms with Crippen LogP contribution in [0.1, 0.15) is 38.8 Å². The second-order valence-corrected chi connectivity index (χ2v) is 7.85. The molecule has 2 amide bonds. The molecule has 0 radical (unpaired) electrons. The van der Waals surface area contributed by atoms with Gasteiger partial charge in [0.2, 0.25) is 0 Å². The quantitative estimate of drug-likeness (QED) is 0.751. The van der Waals surface area contributed by atoms with Gasteiger partial charge in [-0.05, 0) is 50.9 Å². The minimum absolute atomic E-state index is 0.218. The molecule has 0 saturated carbocycles. The number of fused-ring (bicyclic) bond motifs is 1. The molecule has 3 heterocycles. The normalized spacial score (nSPS) is 19.0. The Morgan fingerprint density at radius 3 is 2.32 bits per heavy atom. The van der Waals surface area contributed by atoms with Gasteiger partial charge in [-0.3, -0.25) is 4.68 Å². The van der Waals surface area contributed by atoms with Crippen molar-refractivity contribution in [2.24, 2.45) is 5.92 Å². The molecule has 2 aliphatic heterocycles. The van der Waals surface area contributed by atoms with Gasteiger partial charge in [0.15, 0.2) is 0 Å². The number of carboxylic acids is 1. The van der Waals surface area contributed by atoms with Crippen molar-refractivity contribution in [2.75, 3.05) is 39.3 Å². The SMILES string of the molecule is CCN(CC)CCC1CN(C(=O)N2CCCC2)Cc2ccnn2C1.O=C(O)C(F)(F)F. The summed E-state index contributed by atoms with van der Waals surface area (Å²) in [5.41, 5.74) is 1.16. The highest BCUT2D eigenvalue weighted by Crippen LogP contribution is 2.21. The summed E-state index contributed by atoms with van der Waals surface area (Å²) in [5, 5.41) is 11.6. The van der Waals surface area contributed by atoms with Crippen molar-refractivity contribution >= 4 is 12.0 Å². The molecule has 0 aromatic carbocycles. The number of amides is 2. The van der Waals surface area contributed by atoms with E-state index in [1.807, 2.05) is 11.1 Å². The highest BCUT2D eigenvalue weighted by Gasteiger charge is 2.38. The Bertz CT molecular complexity index is 715. The van der Waals surface area contributed by atoms with Crippen molar-refractivity contribution in [2.45, 2.75) is 52.4 Å². The van der Waals surface area contributed by atoms with Crippen LogP contribution in [0.25, 0.3) is 0 Å². The standard InChI is InChI=1S/C18H31N5O.C2HF3O2/c1-3-20(4-2)12-8-16-13-22(18(24)21-10-5-6-11-21)15-17-7-9-19-23(17)14-16;3-2(4,5)1(6)7/h7,9,16H,3-6,8,10-15H2,1-2H3;(H,6,7). The minimum atomic E-state index is -5.08. The predicted octanol–water partition coefficient (Wildman–Crippen LogP) is 2.90. The third kappa shape index (κ3) is 7.41. The Kier molecular flexibility index (Phi) is 9.15. The van der Waals surface area contributed by atoms with Gasteiger partial charge in [0, 0.05) is 32.4 Å². The Labute approximate surface area is 180 Å². The number of rotatable bonds is 5. The summed E-state index contributed by atoms with van der Waals surface area (Å²) < 4.78 is 33.8. The molecule has 1 aromatic rings. The van der Waals surface area contributed by atoms with Gasteiger partial charge < -0.3 is 19.8 Å². The molecule has 1 saturated heterocycles. The molecule has 11 heteroatoms. The number of likely N-dealkylation sites (tertiary alicyclic amines) is 1. The number of alkyl halides is 3. The van der Waals surface area contributed by atoms with E-state index < -0.39 is 12.1 Å². The Morgan fingerprint density at radius 1 is 1.16 bits per heavy atom. The molecular formula is C20H32F3N5O3. The lowest BCUT2D eigenvalue weighted by Gasteiger charge is -2.29. The average molecular weight is 448 g/mol. The molecule has 2 aliphatic rings. The van der Waals surface area contributed by atoms with Crippen LogP contribution in [0.3, 0.4) is 0 Å². The van der Waals surface area contributed by atoms with Gasteiger partial charge >= 0.3 is 18.2 Å². The van der Waals surface area contributed by atoms with Gasteiger partial charge in [0.1, 0.15) is 0 Å². The Hall–Kier alpha value is -2.30. The van der Waals surface area contributed by atoms with Crippen LogP contribution in [0.4, 0.5) is 18.0 Å². The summed E-state index contributed by atoms with van der Waals surface area (Å²) in [7, 11) is 0. The van der Waals surface area contributed by atoms with Gasteiger partial charge in [-0.1, -0.05) is 13.8 Å². The third-order valence-corrected chi connectivity index (χ3v) is 5.70. The average Bonchev–Trinajstić information content (AvgIpc) is 3.37. The first-order valence-corrected chi connectivity index (χ1v) is 10.7. The number of hydrogen-bond acceptors (Lipinski definition) is 4. The maximum absolute atomic E-state index is 12.9. The van der Waals surface area contributed by atoms with E-state index in [1.165, 1.54) is 0 Å². The number of carbonyl (C=O) groups is 2. The Morgan fingerprint density at radius 2 is 1.77 bits per heavy atom. The summed E-state index contributed by atoms with van der Waals surface area (Å²) >= 11 is 0. The van der Waals surface area contributed by atoms with Crippen molar-refractivity contribution < 1.29 is 27.9 Å². The van der Waals surface area contributed by atoms with E-state index in [9.17, 15) is 18.0 Å². The zero-order chi connectivity index (χ0) is 23.0. The molecule has 1 unspecified atom stereocenters. The molecule has 1 N–H and O–H groups in total. The number of hydrogen-bond donors (Lipinski definition) is 1. The van der Waals surface area contributed by atoms with Crippen LogP contribution in [-0.2, 0) is 17.9 Å². The van der Waals surface area contributed by atoms with Gasteiger partial charge in [0.05, 0.1) is 12.2 Å². The number of carboxylic acid groups (broad SMARTS) is 1. The smallest absolute Gasteiger partial charge is 0.475 e. The fourth-order valence-corrected chi connectivity index (χ4v) is 3.87. The minimum Gasteiger partial charge on any atom is -0.475 e. The van der Waals surface area contributed by atoms with Crippen LogP contribution in [0.2, 0.25) is 0 Å². The predicted molar refractivity (Wildman–Crippen MR) is 108 cm³/mol. The van der Waals surface area contributed by atoms with Crippen molar-refractivity contribution in [3.8, 4) is 0 Å². The van der Waals surface area contributed by atoms with E-state index in [0.717, 1.165) is 70.8 Å². The summed E-state index contributed by atoms with van der Waals surface area (Å²) in [6.45, 7) is 12.0. The largest absolute Gasteiger partial charge is 0.490 e. The van der Waals surface area contributed by atoms with Gasteiger partial charge in [-0.2, -0.15) is 18.3 Å². The van der Waals surface area contributed by atoms with E-state index in [0.29, 0.717) is 12.5 Å². The van der Waals surface area contributed by atoms with E-state index >= 15 is 0 Å². The summed E-state index contributed by atoms with van der Waals surface area (Å²) in [4.78, 5) is 28.3. The van der Waals surface area contributed by atoms with Crippen molar-refractivity contribution in [1.82, 2.24) is 24.5 Å². The van der Waals surface area contributed by atoms with Crippen LogP contribution in [-0.4, -0.2) is 87.0 Å². The third-order valence-electron chi connectivity index (χ3n) is 5.70. The van der Waals surface area contributed by atoms with E-state index in [2.05, 4.69) is 39.5 Å². The highest BCUT2D eigenvalue weighted by atomic mass is 19.4. The number of urea groups is 1. The van der Waals surface area contributed by atoms with Gasteiger partial charge in [-0.25, -0.2) is 9.59 Å². The number of aliphatic carboxylic acids is 1. The number of nitrogens with zero attached hydrogens (tertiary/aromatic N) is 5. The van der Waals surface area contributed by atoms with Crippen molar-refractivity contribution in [3.05, 3.63) is 18.0 Å². The molecule has 176 valence electrons. The summed E-state index contributed by atoms with van der Waals surface area (Å²) in [5.74, 6) is -2.29. The fourth-order valence-electron chi connectivity index (χ4n) is 3.87. The molecule has 1 atom stereocenters. The first-order chi connectivity index (χ1) is 14.7. The summed E-state index contributed by atoms with van der Waals surface area (Å²) in [6.07, 6.45) is 0.178. The van der Waals surface area contributed by atoms with Gasteiger partial charge in [0.25, 0.3) is 0 Å². The number of carbonyl (C=O) groups excluding carboxylic acids is 1. The van der Waals surface area contributed by atoms with Crippen LogP contribution in [0.5, 0.6) is 0 Å². The molecule has 1 fully saturated rings. The Balaban J connectivity index is 0.000000423. The van der Waals surface area contributed by atoms with Crippen molar-refractivity contribution in [3.63, 3.8) is 0 Å². The topological polar surface area (TPSA) is 81.9 Å². The molecule has 0 bridgehead atoms. The van der Waals surface area contributed by atoms with E-state index in [-0.39, 0.29) is 6.03 Å². The molecule has 0 spiro atoms. The molecule has 31 heavy (non-hydrogen) atoms. The van der Waals surface area contributed by atoms with Crippen LogP contribution in [0, 0.1) is 5.92 Å². The second-order valence-electron chi connectivity index (χ2n) is 7.85. The van der Waals surface area contributed by atoms with Crippen LogP contribution >= 0.6 is 0 Å². The number of aromatic nitrogens is 2. The first-order valence-electron chi connectivity index (χ1n) is 10.7. The lowest BCUT2D eigenvalue weighted by Crippen LogP contribution is -2.43. The molecular weight excluding hydrogens is 415 g/mol. The maximum atomic E-state index is 12.9. The summed E-state index contributed by atoms with van der Waals surface area (Å²) in [6, 6.07) is 2.27. The lowest BCUT2D eigenvalue weighted by molar-refractivity contribution is -0.192. The second kappa shape index (κ2) is 11.4. The van der Waals surface area contributed by atoms with Crippen LogP contribution in [0.15, 0.2) is 12.3 Å². The monoisotopic (exact) mass is 447 g/mol. The maximum Gasteiger partial charge on any atom is 0.490 e. The first kappa shape index (κ1) is 25.0. The molecule has 0 aliphatic carbocycles. The molecule has 1 aromatic heterocycles. The zero-order valence-corrected chi connectivity index (χ0v) is 18.1. The molecule has 8 nitrogen and oxygen atoms in total. The van der Waals surface area contributed by atoms with E-state index in [4.69, 9.17) is 9.90 Å². The number of halogens is 3. The highest BCUT2D eigenvalue weighted by molar-refractivity contribution is 5.74.